The molecule has 1 amide bonds. The van der Waals surface area contributed by atoms with Crippen molar-refractivity contribution < 1.29 is 9.53 Å². The molecule has 0 bridgehead atoms. The van der Waals surface area contributed by atoms with Crippen molar-refractivity contribution in [2.45, 2.75) is 13.8 Å². The number of primary amides is 1. The monoisotopic (exact) mass is 257 g/mol. The zero-order valence-electron chi connectivity index (χ0n) is 10.8. The molecule has 0 fully saturated rings. The van der Waals surface area contributed by atoms with Gasteiger partial charge in [-0.2, -0.15) is 0 Å². The molecule has 0 spiro atoms. The van der Waals surface area contributed by atoms with Crippen LogP contribution >= 0.6 is 0 Å². The Morgan fingerprint density at radius 1 is 1.26 bits per heavy atom. The van der Waals surface area contributed by atoms with E-state index in [4.69, 9.17) is 16.2 Å². The summed E-state index contributed by atoms with van der Waals surface area (Å²) in [5.41, 5.74) is 13.6. The maximum absolute atomic E-state index is 11.2. The predicted octanol–water partition coefficient (Wildman–Crippen LogP) is 2.17. The van der Waals surface area contributed by atoms with Crippen LogP contribution in [0.15, 0.2) is 30.6 Å². The van der Waals surface area contributed by atoms with Crippen molar-refractivity contribution in [3.8, 4) is 11.5 Å². The van der Waals surface area contributed by atoms with Crippen LogP contribution in [-0.4, -0.2) is 10.9 Å². The molecule has 1 aromatic heterocycles. The Bertz CT molecular complexity index is 615. The molecule has 0 saturated heterocycles. The molecule has 0 radical (unpaired) electrons. The molecule has 2 aromatic rings. The van der Waals surface area contributed by atoms with Gasteiger partial charge in [-0.05, 0) is 37.1 Å². The molecule has 0 atom stereocenters. The van der Waals surface area contributed by atoms with Gasteiger partial charge in [0.25, 0.3) is 0 Å². The van der Waals surface area contributed by atoms with E-state index in [1.54, 1.807) is 24.4 Å². The summed E-state index contributed by atoms with van der Waals surface area (Å²) in [7, 11) is 0. The average Bonchev–Trinajstić information content (AvgIpc) is 2.35. The van der Waals surface area contributed by atoms with Gasteiger partial charge in [0.1, 0.15) is 5.75 Å². The van der Waals surface area contributed by atoms with Gasteiger partial charge >= 0.3 is 0 Å². The second kappa shape index (κ2) is 4.97. The Balaban J connectivity index is 2.42. The SMILES string of the molecule is Cc1cc(C(N)=O)cc(C)c1Oc1ccncc1N. The first kappa shape index (κ1) is 12.9. The minimum atomic E-state index is -0.457. The van der Waals surface area contributed by atoms with E-state index in [1.807, 2.05) is 13.8 Å². The Morgan fingerprint density at radius 3 is 2.42 bits per heavy atom. The van der Waals surface area contributed by atoms with Crippen LogP contribution in [0.4, 0.5) is 5.69 Å². The first-order valence-electron chi connectivity index (χ1n) is 5.77. The molecule has 0 aliphatic heterocycles. The summed E-state index contributed by atoms with van der Waals surface area (Å²) in [6.07, 6.45) is 3.13. The fourth-order valence-electron chi connectivity index (χ4n) is 1.85. The van der Waals surface area contributed by atoms with Crippen LogP contribution in [0.3, 0.4) is 0 Å². The first-order chi connectivity index (χ1) is 8.99. The van der Waals surface area contributed by atoms with E-state index in [9.17, 15) is 4.79 Å². The van der Waals surface area contributed by atoms with Crippen molar-refractivity contribution in [2.75, 3.05) is 5.73 Å². The molecule has 98 valence electrons. The number of carbonyl (C=O) groups excluding carboxylic acids is 1. The van der Waals surface area contributed by atoms with E-state index < -0.39 is 5.91 Å². The van der Waals surface area contributed by atoms with E-state index in [0.29, 0.717) is 22.7 Å². The maximum Gasteiger partial charge on any atom is 0.248 e. The Kier molecular flexibility index (Phi) is 3.37. The minimum Gasteiger partial charge on any atom is -0.455 e. The van der Waals surface area contributed by atoms with E-state index in [-0.39, 0.29) is 0 Å². The molecule has 0 saturated carbocycles. The van der Waals surface area contributed by atoms with Crippen LogP contribution in [0.1, 0.15) is 21.5 Å². The highest BCUT2D eigenvalue weighted by Gasteiger charge is 2.11. The van der Waals surface area contributed by atoms with Crippen molar-refractivity contribution in [3.63, 3.8) is 0 Å². The predicted molar refractivity (Wildman–Crippen MR) is 73.2 cm³/mol. The lowest BCUT2D eigenvalue weighted by Crippen LogP contribution is -2.11. The number of rotatable bonds is 3. The Labute approximate surface area is 111 Å². The molecule has 0 aliphatic carbocycles. The normalized spacial score (nSPS) is 10.2. The summed E-state index contributed by atoms with van der Waals surface area (Å²) >= 11 is 0. The summed E-state index contributed by atoms with van der Waals surface area (Å²) < 4.78 is 5.79. The second-order valence-electron chi connectivity index (χ2n) is 4.32. The Morgan fingerprint density at radius 2 is 1.89 bits per heavy atom. The number of aryl methyl sites for hydroxylation is 2. The number of anilines is 1. The fraction of sp³-hybridized carbons (Fsp3) is 0.143. The third-order valence-electron chi connectivity index (χ3n) is 2.77. The van der Waals surface area contributed by atoms with Crippen molar-refractivity contribution >= 4 is 11.6 Å². The van der Waals surface area contributed by atoms with E-state index in [0.717, 1.165) is 11.1 Å². The van der Waals surface area contributed by atoms with E-state index >= 15 is 0 Å². The minimum absolute atomic E-state index is 0.457. The molecule has 4 N–H and O–H groups in total. The molecule has 0 aliphatic rings. The van der Waals surface area contributed by atoms with E-state index in [1.165, 1.54) is 6.20 Å². The van der Waals surface area contributed by atoms with Crippen LogP contribution in [0, 0.1) is 13.8 Å². The molecule has 19 heavy (non-hydrogen) atoms. The number of nitrogens with two attached hydrogens (primary N) is 2. The van der Waals surface area contributed by atoms with Gasteiger partial charge in [0.15, 0.2) is 5.75 Å². The maximum atomic E-state index is 11.2. The molecular weight excluding hydrogens is 242 g/mol. The molecule has 0 unspecified atom stereocenters. The topological polar surface area (TPSA) is 91.2 Å². The number of benzene rings is 1. The average molecular weight is 257 g/mol. The number of hydrogen-bond donors (Lipinski definition) is 2. The number of pyridine rings is 1. The van der Waals surface area contributed by atoms with E-state index in [2.05, 4.69) is 4.98 Å². The van der Waals surface area contributed by atoms with Gasteiger partial charge in [0, 0.05) is 17.8 Å². The third-order valence-corrected chi connectivity index (χ3v) is 2.77. The highest BCUT2D eigenvalue weighted by Crippen LogP contribution is 2.32. The lowest BCUT2D eigenvalue weighted by molar-refractivity contribution is 0.1000. The standard InChI is InChI=1S/C14H15N3O2/c1-8-5-10(14(16)18)6-9(2)13(8)19-12-3-4-17-7-11(12)15/h3-7H,15H2,1-2H3,(H2,16,18). The number of nitrogen functional groups attached to an aromatic ring is 1. The first-order valence-corrected chi connectivity index (χ1v) is 5.77. The van der Waals surface area contributed by atoms with Crippen molar-refractivity contribution in [1.82, 2.24) is 4.98 Å². The lowest BCUT2D eigenvalue weighted by Gasteiger charge is -2.14. The fourth-order valence-corrected chi connectivity index (χ4v) is 1.85. The summed E-state index contributed by atoms with van der Waals surface area (Å²) in [6, 6.07) is 5.08. The Hall–Kier alpha value is -2.56. The van der Waals surface area contributed by atoms with Gasteiger partial charge in [0.2, 0.25) is 5.91 Å². The van der Waals surface area contributed by atoms with Gasteiger partial charge in [-0.1, -0.05) is 0 Å². The quantitative estimate of drug-likeness (QED) is 0.881. The van der Waals surface area contributed by atoms with Crippen LogP contribution in [-0.2, 0) is 0 Å². The molecule has 1 heterocycles. The molecular formula is C14H15N3O2. The highest BCUT2D eigenvalue weighted by atomic mass is 16.5. The third kappa shape index (κ3) is 2.65. The number of carbonyl (C=O) groups is 1. The number of aromatic nitrogens is 1. The molecule has 5 heteroatoms. The number of ether oxygens (including phenoxy) is 1. The second-order valence-corrected chi connectivity index (χ2v) is 4.32. The zero-order chi connectivity index (χ0) is 14.0. The van der Waals surface area contributed by atoms with Crippen molar-refractivity contribution in [3.05, 3.63) is 47.3 Å². The molecule has 1 aromatic carbocycles. The summed E-state index contributed by atoms with van der Waals surface area (Å²) in [4.78, 5) is 15.1. The van der Waals surface area contributed by atoms with Crippen LogP contribution in [0.5, 0.6) is 11.5 Å². The number of nitrogens with zero attached hydrogens (tertiary/aromatic N) is 1. The van der Waals surface area contributed by atoms with Gasteiger partial charge in [-0.3, -0.25) is 9.78 Å². The van der Waals surface area contributed by atoms with Crippen LogP contribution in [0.25, 0.3) is 0 Å². The van der Waals surface area contributed by atoms with Gasteiger partial charge in [-0.15, -0.1) is 0 Å². The highest BCUT2D eigenvalue weighted by molar-refractivity contribution is 5.93. The van der Waals surface area contributed by atoms with Crippen LogP contribution in [0.2, 0.25) is 0 Å². The molecule has 5 nitrogen and oxygen atoms in total. The van der Waals surface area contributed by atoms with Gasteiger partial charge in [0.05, 0.1) is 11.9 Å². The summed E-state index contributed by atoms with van der Waals surface area (Å²) in [6.45, 7) is 3.71. The van der Waals surface area contributed by atoms with Crippen LogP contribution < -0.4 is 16.2 Å². The smallest absolute Gasteiger partial charge is 0.248 e. The number of hydrogen-bond acceptors (Lipinski definition) is 4. The largest absolute Gasteiger partial charge is 0.455 e. The van der Waals surface area contributed by atoms with Crippen molar-refractivity contribution in [2.24, 2.45) is 5.73 Å². The summed E-state index contributed by atoms with van der Waals surface area (Å²) in [5.74, 6) is 0.747. The summed E-state index contributed by atoms with van der Waals surface area (Å²) in [5, 5.41) is 0. The van der Waals surface area contributed by atoms with Crippen molar-refractivity contribution in [1.29, 1.82) is 0 Å². The molecule has 2 rings (SSSR count). The van der Waals surface area contributed by atoms with Gasteiger partial charge in [-0.25, -0.2) is 0 Å². The number of amides is 1. The lowest BCUT2D eigenvalue weighted by atomic mass is 10.1. The zero-order valence-corrected chi connectivity index (χ0v) is 10.8. The van der Waals surface area contributed by atoms with Gasteiger partial charge < -0.3 is 16.2 Å².